The molecule has 2 rings (SSSR count). The summed E-state index contributed by atoms with van der Waals surface area (Å²) in [5, 5.41) is 21.7. The smallest absolute Gasteiger partial charge is 0.239 e. The minimum atomic E-state index is -0.870. The molecule has 0 aliphatic carbocycles. The molecule has 1 aliphatic heterocycles. The molecule has 0 radical (unpaired) electrons. The lowest BCUT2D eigenvalue weighted by Gasteiger charge is -2.33. The fourth-order valence-corrected chi connectivity index (χ4v) is 2.66. The molecule has 0 bridgehead atoms. The average molecular weight is 380 g/mol. The maximum Gasteiger partial charge on any atom is 0.239 e. The molecule has 24 heavy (non-hydrogen) atoms. The number of phenolic OH excluding ortho intramolecular Hbond substituents is 1. The van der Waals surface area contributed by atoms with E-state index in [2.05, 4.69) is 10.2 Å². The highest BCUT2D eigenvalue weighted by Gasteiger charge is 2.24. The molecule has 8 heteroatoms. The molecule has 1 aromatic rings. The number of aromatic hydroxyl groups is 1. The van der Waals surface area contributed by atoms with E-state index in [1.807, 2.05) is 12.1 Å². The van der Waals surface area contributed by atoms with Crippen molar-refractivity contribution in [2.45, 2.75) is 44.5 Å². The van der Waals surface area contributed by atoms with Crippen molar-refractivity contribution in [2.75, 3.05) is 13.1 Å². The zero-order chi connectivity index (χ0) is 16.1. The second kappa shape index (κ2) is 10.7. The van der Waals surface area contributed by atoms with Gasteiger partial charge in [0.25, 0.3) is 0 Å². The third-order valence-electron chi connectivity index (χ3n) is 4.07. The van der Waals surface area contributed by atoms with Crippen molar-refractivity contribution in [3.8, 4) is 5.75 Å². The van der Waals surface area contributed by atoms with Crippen LogP contribution in [0.1, 0.15) is 25.3 Å². The maximum absolute atomic E-state index is 11.8. The monoisotopic (exact) mass is 379 g/mol. The first kappa shape index (κ1) is 22.9. The van der Waals surface area contributed by atoms with Gasteiger partial charge in [0.2, 0.25) is 5.91 Å². The fourth-order valence-electron chi connectivity index (χ4n) is 2.66. The molecule has 1 saturated heterocycles. The van der Waals surface area contributed by atoms with Crippen LogP contribution in [0.4, 0.5) is 0 Å². The predicted octanol–water partition coefficient (Wildman–Crippen LogP) is 1.02. The van der Waals surface area contributed by atoms with E-state index < -0.39 is 12.1 Å². The van der Waals surface area contributed by atoms with E-state index in [-0.39, 0.29) is 42.5 Å². The topological polar surface area (TPSA) is 98.8 Å². The van der Waals surface area contributed by atoms with Crippen molar-refractivity contribution in [3.05, 3.63) is 29.8 Å². The number of aliphatic hydroxyl groups excluding tert-OH is 1. The highest BCUT2D eigenvalue weighted by atomic mass is 35.5. The summed E-state index contributed by atoms with van der Waals surface area (Å²) in [5.41, 5.74) is 6.71. The Bertz CT molecular complexity index is 509. The number of nitrogens with zero attached hydrogens (tertiary/aromatic N) is 1. The molecule has 0 unspecified atom stereocenters. The molecule has 1 heterocycles. The van der Waals surface area contributed by atoms with Crippen molar-refractivity contribution >= 4 is 30.7 Å². The normalized spacial score (nSPS) is 18.0. The Labute approximate surface area is 155 Å². The zero-order valence-corrected chi connectivity index (χ0v) is 15.4. The minimum Gasteiger partial charge on any atom is -0.508 e. The second-order valence-corrected chi connectivity index (χ2v) is 6.00. The molecule has 2 atom stereocenters. The van der Waals surface area contributed by atoms with Crippen LogP contribution in [-0.4, -0.2) is 52.3 Å². The number of carbonyl (C=O) groups excluding carboxylic acids is 1. The van der Waals surface area contributed by atoms with Gasteiger partial charge in [-0.15, -0.1) is 24.8 Å². The predicted molar refractivity (Wildman–Crippen MR) is 98.7 cm³/mol. The highest BCUT2D eigenvalue weighted by Crippen LogP contribution is 2.17. The number of nitrogens with one attached hydrogen (secondary N) is 1. The summed E-state index contributed by atoms with van der Waals surface area (Å²) in [6.07, 6.45) is 0.875. The third-order valence-corrected chi connectivity index (χ3v) is 4.07. The number of hydrogen-bond donors (Lipinski definition) is 4. The van der Waals surface area contributed by atoms with Gasteiger partial charge in [0.15, 0.2) is 0 Å². The molecule has 0 aromatic heterocycles. The van der Waals surface area contributed by atoms with E-state index in [1.54, 1.807) is 12.1 Å². The molecular weight excluding hydrogens is 353 g/mol. The Morgan fingerprint density at radius 1 is 1.38 bits per heavy atom. The van der Waals surface area contributed by atoms with Gasteiger partial charge < -0.3 is 21.3 Å². The van der Waals surface area contributed by atoms with E-state index in [9.17, 15) is 15.0 Å². The molecule has 1 amide bonds. The van der Waals surface area contributed by atoms with Gasteiger partial charge in [-0.3, -0.25) is 9.69 Å². The SMILES string of the molecule is C[C@@H](O)[C@H](N)C(=O)NC1CCN(Cc2cccc(O)c2)CC1.Cl.Cl. The summed E-state index contributed by atoms with van der Waals surface area (Å²) >= 11 is 0. The number of hydrogen-bond acceptors (Lipinski definition) is 5. The van der Waals surface area contributed by atoms with Crippen molar-refractivity contribution in [3.63, 3.8) is 0 Å². The van der Waals surface area contributed by atoms with Crippen LogP contribution in [0.5, 0.6) is 5.75 Å². The summed E-state index contributed by atoms with van der Waals surface area (Å²) < 4.78 is 0. The largest absolute Gasteiger partial charge is 0.508 e. The number of nitrogens with two attached hydrogens (primary N) is 1. The van der Waals surface area contributed by atoms with Gasteiger partial charge in [0.05, 0.1) is 6.10 Å². The quantitative estimate of drug-likeness (QED) is 0.612. The summed E-state index contributed by atoms with van der Waals surface area (Å²) in [6, 6.07) is 6.51. The van der Waals surface area contributed by atoms with Crippen LogP contribution in [0, 0.1) is 0 Å². The molecule has 0 saturated carbocycles. The van der Waals surface area contributed by atoms with Gasteiger partial charge in [-0.05, 0) is 37.5 Å². The van der Waals surface area contributed by atoms with Crippen molar-refractivity contribution in [1.29, 1.82) is 0 Å². The number of carbonyl (C=O) groups is 1. The van der Waals surface area contributed by atoms with E-state index in [1.165, 1.54) is 6.92 Å². The highest BCUT2D eigenvalue weighted by molar-refractivity contribution is 5.85. The Morgan fingerprint density at radius 3 is 2.54 bits per heavy atom. The van der Waals surface area contributed by atoms with Gasteiger partial charge in [-0.2, -0.15) is 0 Å². The van der Waals surface area contributed by atoms with Crippen LogP contribution in [0.25, 0.3) is 0 Å². The van der Waals surface area contributed by atoms with E-state index in [0.29, 0.717) is 0 Å². The van der Waals surface area contributed by atoms with Crippen LogP contribution in [-0.2, 0) is 11.3 Å². The Morgan fingerprint density at radius 2 is 2.00 bits per heavy atom. The van der Waals surface area contributed by atoms with Crippen LogP contribution < -0.4 is 11.1 Å². The van der Waals surface area contributed by atoms with E-state index in [0.717, 1.165) is 38.0 Å². The number of benzene rings is 1. The average Bonchev–Trinajstić information content (AvgIpc) is 2.48. The number of aliphatic hydroxyl groups is 1. The molecule has 138 valence electrons. The van der Waals surface area contributed by atoms with E-state index in [4.69, 9.17) is 5.73 Å². The Hall–Kier alpha value is -1.05. The fraction of sp³-hybridized carbons (Fsp3) is 0.562. The van der Waals surface area contributed by atoms with Crippen molar-refractivity contribution in [2.24, 2.45) is 5.73 Å². The van der Waals surface area contributed by atoms with Crippen LogP contribution in [0.2, 0.25) is 0 Å². The number of rotatable bonds is 5. The van der Waals surface area contributed by atoms with Crippen LogP contribution >= 0.6 is 24.8 Å². The van der Waals surface area contributed by atoms with Gasteiger partial charge >= 0.3 is 0 Å². The molecule has 5 N–H and O–H groups in total. The van der Waals surface area contributed by atoms with Gasteiger partial charge in [-0.25, -0.2) is 0 Å². The number of amides is 1. The first-order valence-corrected chi connectivity index (χ1v) is 7.70. The summed E-state index contributed by atoms with van der Waals surface area (Å²) in [6.45, 7) is 4.07. The lowest BCUT2D eigenvalue weighted by molar-refractivity contribution is -0.125. The molecular formula is C16H27Cl2N3O3. The van der Waals surface area contributed by atoms with Crippen molar-refractivity contribution in [1.82, 2.24) is 10.2 Å². The third kappa shape index (κ3) is 6.83. The van der Waals surface area contributed by atoms with Crippen LogP contribution in [0.3, 0.4) is 0 Å². The van der Waals surface area contributed by atoms with Gasteiger partial charge in [-0.1, -0.05) is 12.1 Å². The molecule has 6 nitrogen and oxygen atoms in total. The first-order chi connectivity index (χ1) is 10.5. The lowest BCUT2D eigenvalue weighted by atomic mass is 10.0. The van der Waals surface area contributed by atoms with Gasteiger partial charge in [0, 0.05) is 25.7 Å². The Balaban J connectivity index is 0.00000264. The Kier molecular flexibility index (Phi) is 10.3. The molecule has 1 aromatic carbocycles. The molecule has 0 spiro atoms. The summed E-state index contributed by atoms with van der Waals surface area (Å²) in [4.78, 5) is 14.1. The number of halogens is 2. The summed E-state index contributed by atoms with van der Waals surface area (Å²) in [7, 11) is 0. The minimum absolute atomic E-state index is 0. The zero-order valence-electron chi connectivity index (χ0n) is 13.7. The summed E-state index contributed by atoms with van der Waals surface area (Å²) in [5.74, 6) is -0.00630. The lowest BCUT2D eigenvalue weighted by Crippen LogP contribution is -2.52. The number of likely N-dealkylation sites (tertiary alicyclic amines) is 1. The van der Waals surface area contributed by atoms with Crippen LogP contribution in [0.15, 0.2) is 24.3 Å². The molecule has 1 aliphatic rings. The van der Waals surface area contributed by atoms with E-state index >= 15 is 0 Å². The number of piperidine rings is 1. The first-order valence-electron chi connectivity index (χ1n) is 7.70. The number of phenols is 1. The maximum atomic E-state index is 11.8. The second-order valence-electron chi connectivity index (χ2n) is 6.00. The van der Waals surface area contributed by atoms with Crippen molar-refractivity contribution < 1.29 is 15.0 Å². The standard InChI is InChI=1S/C16H25N3O3.2ClH/c1-11(20)15(17)16(22)18-13-5-7-19(8-6-13)10-12-3-2-4-14(21)9-12;;/h2-4,9,11,13,15,20-21H,5-8,10,17H2,1H3,(H,18,22);2*1H/t11-,15+;;/m1../s1. The molecule has 1 fully saturated rings. The van der Waals surface area contributed by atoms with Gasteiger partial charge in [0.1, 0.15) is 11.8 Å².